The molecule has 1 N–H and O–H groups in total. The van der Waals surface area contributed by atoms with Crippen LogP contribution in [0.15, 0.2) is 99.5 Å². The first-order valence-electron chi connectivity index (χ1n) is 14.8. The van der Waals surface area contributed by atoms with Gasteiger partial charge in [0.05, 0.1) is 23.9 Å². The molecule has 0 spiro atoms. The molecule has 0 unspecified atom stereocenters. The third kappa shape index (κ3) is 5.88. The highest BCUT2D eigenvalue weighted by Crippen LogP contribution is 2.29. The number of H-pyrrole nitrogens is 1. The van der Waals surface area contributed by atoms with Gasteiger partial charge in [-0.3, -0.25) is 13.9 Å². The lowest BCUT2D eigenvalue weighted by atomic mass is 10.0. The van der Waals surface area contributed by atoms with Crippen LogP contribution in [0.5, 0.6) is 5.75 Å². The van der Waals surface area contributed by atoms with Gasteiger partial charge in [-0.2, -0.15) is 0 Å². The quantitative estimate of drug-likeness (QED) is 0.217. The Hall–Kier alpha value is -5.10. The minimum absolute atomic E-state index is 0.0248. The van der Waals surface area contributed by atoms with Crippen molar-refractivity contribution >= 4 is 28.7 Å². The number of likely N-dealkylation sites (tertiary alicyclic amines) is 1. The summed E-state index contributed by atoms with van der Waals surface area (Å²) in [4.78, 5) is 35.2. The lowest BCUT2D eigenvalue weighted by Crippen LogP contribution is -2.40. The van der Waals surface area contributed by atoms with Crippen molar-refractivity contribution in [2.75, 3.05) is 20.2 Å². The van der Waals surface area contributed by atoms with Gasteiger partial charge in [-0.1, -0.05) is 54.2 Å². The summed E-state index contributed by atoms with van der Waals surface area (Å²) in [6.07, 6.45) is 3.40. The molecule has 0 atom stereocenters. The summed E-state index contributed by atoms with van der Waals surface area (Å²) in [7, 11) is 1.64. The molecule has 7 rings (SSSR count). The number of para-hydroxylation sites is 2. The topological polar surface area (TPSA) is 124 Å². The first-order chi connectivity index (χ1) is 22.1. The smallest absolute Gasteiger partial charge is 0.326 e. The standard InChI is InChI=1S/C33H31N7O4S/c1-43-25-13-11-23(12-14-25)40-29(19-22-7-3-2-4-8-22)36-37-33(40)45-21-30-34-27(20-44-30)31(41)38-17-15-24(16-18-38)39-28-10-6-5-9-26(28)35-32(39)42/h2-14,20,24H,15-19,21H2,1H3,(H,35,42). The van der Waals surface area contributed by atoms with Crippen molar-refractivity contribution in [1.29, 1.82) is 0 Å². The van der Waals surface area contributed by atoms with Gasteiger partial charge in [0.2, 0.25) is 5.89 Å². The molecule has 1 fully saturated rings. The van der Waals surface area contributed by atoms with E-state index in [-0.39, 0.29) is 23.3 Å². The fourth-order valence-electron chi connectivity index (χ4n) is 5.80. The summed E-state index contributed by atoms with van der Waals surface area (Å²) in [6.45, 7) is 1.06. The van der Waals surface area contributed by atoms with Crippen LogP contribution < -0.4 is 10.4 Å². The Morgan fingerprint density at radius 1 is 1.00 bits per heavy atom. The number of nitrogens with one attached hydrogen (secondary N) is 1. The van der Waals surface area contributed by atoms with Crippen LogP contribution in [0.2, 0.25) is 0 Å². The minimum atomic E-state index is -0.175. The second-order valence-electron chi connectivity index (χ2n) is 10.9. The van der Waals surface area contributed by atoms with Crippen LogP contribution in [0.1, 0.15) is 46.7 Å². The van der Waals surface area contributed by atoms with Gasteiger partial charge in [0.1, 0.15) is 17.8 Å². The van der Waals surface area contributed by atoms with E-state index in [0.717, 1.165) is 33.9 Å². The van der Waals surface area contributed by atoms with Gasteiger partial charge in [-0.25, -0.2) is 9.78 Å². The minimum Gasteiger partial charge on any atom is -0.497 e. The molecule has 6 aromatic rings. The third-order valence-electron chi connectivity index (χ3n) is 8.07. The van der Waals surface area contributed by atoms with Gasteiger partial charge in [0.25, 0.3) is 5.91 Å². The number of hydrogen-bond donors (Lipinski definition) is 1. The maximum atomic E-state index is 13.3. The van der Waals surface area contributed by atoms with Crippen molar-refractivity contribution in [2.45, 2.75) is 36.2 Å². The van der Waals surface area contributed by atoms with Crippen molar-refractivity contribution < 1.29 is 13.9 Å². The molecule has 11 nitrogen and oxygen atoms in total. The maximum Gasteiger partial charge on any atom is 0.326 e. The van der Waals surface area contributed by atoms with Crippen LogP contribution in [0.3, 0.4) is 0 Å². The number of piperidine rings is 1. The molecule has 1 amide bonds. The van der Waals surface area contributed by atoms with Crippen LogP contribution in [-0.2, 0) is 12.2 Å². The van der Waals surface area contributed by atoms with E-state index in [9.17, 15) is 9.59 Å². The van der Waals surface area contributed by atoms with Crippen molar-refractivity contribution in [3.63, 3.8) is 0 Å². The average molecular weight is 622 g/mol. The number of aromatic nitrogens is 6. The lowest BCUT2D eigenvalue weighted by molar-refractivity contribution is 0.0689. The third-order valence-corrected chi connectivity index (χ3v) is 8.99. The molecule has 0 saturated carbocycles. The molecule has 1 saturated heterocycles. The van der Waals surface area contributed by atoms with Crippen LogP contribution in [0.25, 0.3) is 16.7 Å². The van der Waals surface area contributed by atoms with Gasteiger partial charge < -0.3 is 19.0 Å². The van der Waals surface area contributed by atoms with E-state index in [2.05, 4.69) is 32.3 Å². The summed E-state index contributed by atoms with van der Waals surface area (Å²) < 4.78 is 14.9. The Kier molecular flexibility index (Phi) is 7.95. The summed E-state index contributed by atoms with van der Waals surface area (Å²) >= 11 is 1.44. The molecule has 1 aliphatic rings. The molecule has 12 heteroatoms. The zero-order valence-electron chi connectivity index (χ0n) is 24.6. The zero-order chi connectivity index (χ0) is 30.8. The number of hydrogen-bond acceptors (Lipinski definition) is 8. The van der Waals surface area contributed by atoms with Crippen molar-refractivity contribution in [3.05, 3.63) is 119 Å². The van der Waals surface area contributed by atoms with E-state index in [0.29, 0.717) is 49.2 Å². The number of imidazole rings is 1. The van der Waals surface area contributed by atoms with Crippen LogP contribution >= 0.6 is 11.8 Å². The molecule has 3 aromatic carbocycles. The zero-order valence-corrected chi connectivity index (χ0v) is 25.4. The number of fused-ring (bicyclic) bond motifs is 1. The number of nitrogens with zero attached hydrogens (tertiary/aromatic N) is 6. The lowest BCUT2D eigenvalue weighted by Gasteiger charge is -2.32. The van der Waals surface area contributed by atoms with Gasteiger partial charge in [-0.05, 0) is 54.8 Å². The number of ether oxygens (including phenoxy) is 1. The van der Waals surface area contributed by atoms with Gasteiger partial charge in [-0.15, -0.1) is 10.2 Å². The Morgan fingerprint density at radius 2 is 1.76 bits per heavy atom. The molecule has 1 aliphatic heterocycles. The number of amides is 1. The number of oxazole rings is 1. The second-order valence-corrected chi connectivity index (χ2v) is 11.8. The van der Waals surface area contributed by atoms with E-state index in [1.165, 1.54) is 18.0 Å². The SMILES string of the molecule is COc1ccc(-n2c(Cc3ccccc3)nnc2SCc2nc(C(=O)N3CCC(n4c(=O)[nH]c5ccccc54)CC3)co2)cc1. The predicted molar refractivity (Wildman–Crippen MR) is 170 cm³/mol. The highest BCUT2D eigenvalue weighted by molar-refractivity contribution is 7.98. The Bertz CT molecular complexity index is 1990. The fraction of sp³-hybridized carbons (Fsp3) is 0.242. The summed E-state index contributed by atoms with van der Waals surface area (Å²) in [5.41, 5.74) is 3.91. The van der Waals surface area contributed by atoms with E-state index >= 15 is 0 Å². The molecule has 4 heterocycles. The number of methoxy groups -OCH3 is 1. The fourth-order valence-corrected chi connectivity index (χ4v) is 6.63. The first-order valence-corrected chi connectivity index (χ1v) is 15.7. The summed E-state index contributed by atoms with van der Waals surface area (Å²) in [5, 5.41) is 9.69. The Morgan fingerprint density at radius 3 is 2.53 bits per heavy atom. The highest BCUT2D eigenvalue weighted by atomic mass is 32.2. The number of carbonyl (C=O) groups is 1. The monoisotopic (exact) mass is 621 g/mol. The highest BCUT2D eigenvalue weighted by Gasteiger charge is 2.28. The number of rotatable bonds is 9. The molecule has 0 radical (unpaired) electrons. The molecule has 228 valence electrons. The molecular formula is C33H31N7O4S. The van der Waals surface area contributed by atoms with E-state index < -0.39 is 0 Å². The molecular weight excluding hydrogens is 590 g/mol. The largest absolute Gasteiger partial charge is 0.497 e. The van der Waals surface area contributed by atoms with Gasteiger partial charge in [0, 0.05) is 31.2 Å². The van der Waals surface area contributed by atoms with Crippen molar-refractivity contribution in [1.82, 2.24) is 34.2 Å². The molecule has 0 aliphatic carbocycles. The summed E-state index contributed by atoms with van der Waals surface area (Å²) in [6, 6.07) is 25.6. The van der Waals surface area contributed by atoms with Crippen LogP contribution in [0, 0.1) is 0 Å². The second kappa shape index (κ2) is 12.5. The van der Waals surface area contributed by atoms with E-state index in [1.54, 1.807) is 12.0 Å². The average Bonchev–Trinajstić information content (AvgIpc) is 3.81. The Labute approximate surface area is 262 Å². The van der Waals surface area contributed by atoms with E-state index in [1.807, 2.05) is 75.9 Å². The maximum absolute atomic E-state index is 13.3. The molecule has 45 heavy (non-hydrogen) atoms. The number of aromatic amines is 1. The van der Waals surface area contributed by atoms with Gasteiger partial charge >= 0.3 is 5.69 Å². The number of thioether (sulfide) groups is 1. The molecule has 3 aromatic heterocycles. The Balaban J connectivity index is 1.03. The molecule has 0 bridgehead atoms. The van der Waals surface area contributed by atoms with Crippen molar-refractivity contribution in [3.8, 4) is 11.4 Å². The van der Waals surface area contributed by atoms with Gasteiger partial charge in [0.15, 0.2) is 10.9 Å². The number of benzene rings is 3. The van der Waals surface area contributed by atoms with Crippen LogP contribution in [-0.4, -0.2) is 60.3 Å². The normalized spacial score (nSPS) is 13.8. The predicted octanol–water partition coefficient (Wildman–Crippen LogP) is 5.27. The summed E-state index contributed by atoms with van der Waals surface area (Å²) in [5.74, 6) is 2.19. The van der Waals surface area contributed by atoms with Crippen molar-refractivity contribution in [2.24, 2.45) is 0 Å². The first kappa shape index (κ1) is 28.7. The van der Waals surface area contributed by atoms with E-state index in [4.69, 9.17) is 9.15 Å². The van der Waals surface area contributed by atoms with Crippen LogP contribution in [0.4, 0.5) is 0 Å². The number of carbonyl (C=O) groups excluding carboxylic acids is 1.